The van der Waals surface area contributed by atoms with Gasteiger partial charge in [-0.2, -0.15) is 0 Å². The first kappa shape index (κ1) is 17.7. The average molecular weight is 302 g/mol. The fraction of sp³-hybridized carbons (Fsp3) is 0.364. The standard InChI is InChI=1S/C8H10.C3H7O2S.Y/c1-7-5-3-4-6-8(7)2;1-3-6(2,4)5;/h3-6H,1-2H3;1,3H2,2H3;/q;-1;. The van der Waals surface area contributed by atoms with Crippen LogP contribution in [0.15, 0.2) is 24.3 Å². The van der Waals surface area contributed by atoms with Gasteiger partial charge in [-0.25, -0.2) is 8.42 Å². The Hall–Kier alpha value is 0.274. The van der Waals surface area contributed by atoms with Crippen LogP contribution in [0.3, 0.4) is 0 Å². The van der Waals surface area contributed by atoms with Crippen LogP contribution in [0.4, 0.5) is 0 Å². The van der Waals surface area contributed by atoms with E-state index in [2.05, 4.69) is 45.0 Å². The normalized spacial score (nSPS) is 9.60. The van der Waals surface area contributed by atoms with E-state index in [1.165, 1.54) is 11.1 Å². The van der Waals surface area contributed by atoms with Crippen molar-refractivity contribution in [1.82, 2.24) is 0 Å². The van der Waals surface area contributed by atoms with E-state index in [1.54, 1.807) is 0 Å². The molecule has 2 nitrogen and oxygen atoms in total. The van der Waals surface area contributed by atoms with Gasteiger partial charge in [0.1, 0.15) is 9.84 Å². The molecule has 0 saturated carbocycles. The third-order valence-electron chi connectivity index (χ3n) is 1.80. The number of hydrogen-bond donors (Lipinski definition) is 0. The molecule has 0 atom stereocenters. The quantitative estimate of drug-likeness (QED) is 0.745. The van der Waals surface area contributed by atoms with Crippen LogP contribution in [0.5, 0.6) is 0 Å². The monoisotopic (exact) mass is 302 g/mol. The van der Waals surface area contributed by atoms with Gasteiger partial charge in [0.15, 0.2) is 0 Å². The Balaban J connectivity index is 0. The second-order valence-electron chi connectivity index (χ2n) is 3.21. The Morgan fingerprint density at radius 2 is 1.40 bits per heavy atom. The van der Waals surface area contributed by atoms with E-state index < -0.39 is 9.84 Å². The minimum Gasteiger partial charge on any atom is -0.329 e. The molecule has 0 aliphatic rings. The molecule has 1 rings (SSSR count). The average Bonchev–Trinajstić information content (AvgIpc) is 2.10. The van der Waals surface area contributed by atoms with Crippen molar-refractivity contribution >= 4 is 9.84 Å². The molecule has 0 unspecified atom stereocenters. The van der Waals surface area contributed by atoms with Crippen molar-refractivity contribution in [3.63, 3.8) is 0 Å². The first-order valence-electron chi connectivity index (χ1n) is 4.36. The zero-order valence-electron chi connectivity index (χ0n) is 9.53. The van der Waals surface area contributed by atoms with Crippen molar-refractivity contribution < 1.29 is 41.1 Å². The number of hydrogen-bond acceptors (Lipinski definition) is 2. The van der Waals surface area contributed by atoms with Gasteiger partial charge in [0.25, 0.3) is 0 Å². The van der Waals surface area contributed by atoms with Crippen LogP contribution < -0.4 is 0 Å². The van der Waals surface area contributed by atoms with E-state index in [0.29, 0.717) is 0 Å². The van der Waals surface area contributed by atoms with E-state index >= 15 is 0 Å². The van der Waals surface area contributed by atoms with Crippen LogP contribution in [-0.2, 0) is 42.5 Å². The third-order valence-corrected chi connectivity index (χ3v) is 2.54. The largest absolute Gasteiger partial charge is 0.329 e. The fourth-order valence-electron chi connectivity index (χ4n) is 0.663. The van der Waals surface area contributed by atoms with Gasteiger partial charge in [0, 0.05) is 39.0 Å². The second-order valence-corrected chi connectivity index (χ2v) is 5.47. The van der Waals surface area contributed by atoms with E-state index in [0.717, 1.165) is 6.26 Å². The van der Waals surface area contributed by atoms with Gasteiger partial charge in [-0.15, -0.1) is 0 Å². The summed E-state index contributed by atoms with van der Waals surface area (Å²) in [5.74, 6) is -0.00694. The van der Waals surface area contributed by atoms with Crippen LogP contribution in [0.2, 0.25) is 0 Å². The first-order valence-corrected chi connectivity index (χ1v) is 6.42. The van der Waals surface area contributed by atoms with E-state index in [9.17, 15) is 8.42 Å². The number of benzene rings is 1. The smallest absolute Gasteiger partial charge is 0.119 e. The summed E-state index contributed by atoms with van der Waals surface area (Å²) in [6, 6.07) is 8.36. The molecule has 0 saturated heterocycles. The molecule has 0 aromatic heterocycles. The third kappa shape index (κ3) is 10.6. The van der Waals surface area contributed by atoms with Crippen molar-refractivity contribution in [3.05, 3.63) is 42.3 Å². The Bertz CT molecular complexity index is 351. The summed E-state index contributed by atoms with van der Waals surface area (Å²) >= 11 is 0. The van der Waals surface area contributed by atoms with Crippen LogP contribution >= 0.6 is 0 Å². The summed E-state index contributed by atoms with van der Waals surface area (Å²) in [5.41, 5.74) is 2.74. The number of rotatable bonds is 1. The maximum Gasteiger partial charge on any atom is 0.119 e. The van der Waals surface area contributed by atoms with Crippen molar-refractivity contribution in [2.45, 2.75) is 13.8 Å². The summed E-state index contributed by atoms with van der Waals surface area (Å²) in [5, 5.41) is 0. The molecule has 0 spiro atoms. The predicted molar refractivity (Wildman–Crippen MR) is 61.0 cm³/mol. The van der Waals surface area contributed by atoms with Gasteiger partial charge < -0.3 is 6.92 Å². The molecular weight excluding hydrogens is 285 g/mol. The second kappa shape index (κ2) is 8.43. The van der Waals surface area contributed by atoms with Crippen molar-refractivity contribution in [1.29, 1.82) is 0 Å². The van der Waals surface area contributed by atoms with Crippen LogP contribution in [0.25, 0.3) is 0 Å². The Labute approximate surface area is 118 Å². The van der Waals surface area contributed by atoms with Gasteiger partial charge >= 0.3 is 0 Å². The molecule has 0 amide bonds. The maximum absolute atomic E-state index is 9.94. The summed E-state index contributed by atoms with van der Waals surface area (Å²) in [4.78, 5) is 0. The molecule has 4 heteroatoms. The molecule has 0 aliphatic carbocycles. The van der Waals surface area contributed by atoms with Crippen LogP contribution in [0.1, 0.15) is 11.1 Å². The molecule has 1 radical (unpaired) electrons. The summed E-state index contributed by atoms with van der Waals surface area (Å²) in [6.07, 6.45) is 1.15. The first-order chi connectivity index (χ1) is 6.37. The van der Waals surface area contributed by atoms with Gasteiger partial charge in [-0.3, -0.25) is 0 Å². The van der Waals surface area contributed by atoms with Crippen LogP contribution in [-0.4, -0.2) is 20.4 Å². The van der Waals surface area contributed by atoms with E-state index in [4.69, 9.17) is 0 Å². The molecular formula is C11H17O2SY-. The Morgan fingerprint density at radius 1 is 1.13 bits per heavy atom. The van der Waals surface area contributed by atoms with Crippen molar-refractivity contribution in [2.75, 3.05) is 12.0 Å². The molecule has 1 aromatic rings. The molecule has 0 aliphatic heterocycles. The minimum atomic E-state index is -2.77. The van der Waals surface area contributed by atoms with E-state index in [1.807, 2.05) is 0 Å². The van der Waals surface area contributed by atoms with Gasteiger partial charge in [-0.1, -0.05) is 30.0 Å². The molecule has 83 valence electrons. The summed E-state index contributed by atoms with van der Waals surface area (Å²) in [7, 11) is -2.77. The molecule has 15 heavy (non-hydrogen) atoms. The van der Waals surface area contributed by atoms with Gasteiger partial charge in [0.05, 0.1) is 0 Å². The van der Waals surface area contributed by atoms with Gasteiger partial charge in [0.2, 0.25) is 0 Å². The molecule has 1 aromatic carbocycles. The molecule has 0 N–H and O–H groups in total. The Morgan fingerprint density at radius 3 is 1.53 bits per heavy atom. The van der Waals surface area contributed by atoms with Crippen molar-refractivity contribution in [3.8, 4) is 0 Å². The topological polar surface area (TPSA) is 34.1 Å². The zero-order valence-corrected chi connectivity index (χ0v) is 13.2. The molecule has 0 bridgehead atoms. The molecule has 0 fully saturated rings. The fourth-order valence-corrected chi connectivity index (χ4v) is 0.663. The number of sulfone groups is 1. The zero-order chi connectivity index (χ0) is 11.2. The summed E-state index contributed by atoms with van der Waals surface area (Å²) in [6.45, 7) is 7.41. The number of aryl methyl sites for hydroxylation is 2. The van der Waals surface area contributed by atoms with Gasteiger partial charge in [-0.05, 0) is 25.0 Å². The van der Waals surface area contributed by atoms with E-state index in [-0.39, 0.29) is 38.5 Å². The predicted octanol–water partition coefficient (Wildman–Crippen LogP) is 2.17. The van der Waals surface area contributed by atoms with Crippen LogP contribution in [0, 0.1) is 20.8 Å². The molecule has 0 heterocycles. The minimum absolute atomic E-state index is 0. The Kier molecular flexibility index (Phi) is 9.92. The SMILES string of the molecule is Cc1ccccc1C.[CH2-]CS(C)(=O)=O.[Y]. The van der Waals surface area contributed by atoms with Crippen molar-refractivity contribution in [2.24, 2.45) is 0 Å². The maximum atomic E-state index is 9.94. The summed E-state index contributed by atoms with van der Waals surface area (Å²) < 4.78 is 19.9.